The van der Waals surface area contributed by atoms with Crippen molar-refractivity contribution in [3.8, 4) is 0 Å². The number of rotatable bonds is 5. The number of carbonyl (C=O) groups is 1. The molecule has 2 rings (SSSR count). The Morgan fingerprint density at radius 3 is 2.81 bits per heavy atom. The van der Waals surface area contributed by atoms with E-state index in [1.165, 1.54) is 17.8 Å². The minimum Gasteiger partial charge on any atom is -0.478 e. The Morgan fingerprint density at radius 1 is 1.57 bits per heavy atom. The number of halogens is 1. The minimum absolute atomic E-state index is 0.0292. The summed E-state index contributed by atoms with van der Waals surface area (Å²) in [5.41, 5.74) is 0.802. The lowest BCUT2D eigenvalue weighted by atomic mass is 10.0. The average Bonchev–Trinajstić information content (AvgIpc) is 2.66. The quantitative estimate of drug-likeness (QED) is 0.821. The molecule has 1 unspecified atom stereocenters. The smallest absolute Gasteiger partial charge is 0.337 e. The molecule has 1 aliphatic heterocycles. The number of aromatic carboxylic acids is 1. The molecular weight excluding hydrogens is 336 g/mol. The van der Waals surface area contributed by atoms with Crippen molar-refractivity contribution in [3.05, 3.63) is 27.8 Å². The zero-order valence-corrected chi connectivity index (χ0v) is 13.9. The number of benzene rings is 1. The van der Waals surface area contributed by atoms with Gasteiger partial charge in [-0.3, -0.25) is 0 Å². The third kappa shape index (κ3) is 2.92. The third-order valence-electron chi connectivity index (χ3n) is 3.32. The Hall–Kier alpha value is -0.760. The number of methoxy groups -OCH3 is 1. The first-order chi connectivity index (χ1) is 9.80. The van der Waals surface area contributed by atoms with Crippen LogP contribution in [-0.2, 0) is 21.0 Å². The lowest BCUT2D eigenvalue weighted by Crippen LogP contribution is -2.14. The molecule has 116 valence electrons. The lowest BCUT2D eigenvalue weighted by Gasteiger charge is -2.09. The Labute approximate surface area is 132 Å². The largest absolute Gasteiger partial charge is 0.478 e. The maximum atomic E-state index is 12.6. The third-order valence-corrected chi connectivity index (χ3v) is 7.85. The van der Waals surface area contributed by atoms with Crippen LogP contribution in [0.5, 0.6) is 0 Å². The van der Waals surface area contributed by atoms with Crippen LogP contribution >= 0.6 is 23.4 Å². The maximum Gasteiger partial charge on any atom is 0.337 e. The van der Waals surface area contributed by atoms with Gasteiger partial charge in [-0.25, -0.2) is 13.2 Å². The normalized spacial score (nSPS) is 19.5. The van der Waals surface area contributed by atoms with Crippen molar-refractivity contribution >= 4 is 39.2 Å². The topological polar surface area (TPSA) is 80.7 Å². The van der Waals surface area contributed by atoms with E-state index in [2.05, 4.69) is 0 Å². The number of thioether (sulfide) groups is 1. The van der Waals surface area contributed by atoms with E-state index < -0.39 is 20.4 Å². The summed E-state index contributed by atoms with van der Waals surface area (Å²) >= 11 is 7.38. The van der Waals surface area contributed by atoms with Crippen LogP contribution in [0.2, 0.25) is 5.02 Å². The van der Waals surface area contributed by atoms with Gasteiger partial charge in [0, 0.05) is 19.3 Å². The number of hydrogen-bond acceptors (Lipinski definition) is 5. The number of carboxylic acid groups (broad SMARTS) is 1. The second-order valence-electron chi connectivity index (χ2n) is 4.71. The van der Waals surface area contributed by atoms with E-state index in [0.29, 0.717) is 23.5 Å². The first-order valence-corrected chi connectivity index (χ1v) is 9.17. The molecule has 1 aliphatic rings. The molecule has 0 saturated carbocycles. The molecule has 0 fully saturated rings. The fourth-order valence-electron chi connectivity index (χ4n) is 2.40. The van der Waals surface area contributed by atoms with Crippen molar-refractivity contribution in [2.24, 2.45) is 0 Å². The fraction of sp³-hybridized carbons (Fsp3) is 0.462. The molecule has 0 bridgehead atoms. The summed E-state index contributed by atoms with van der Waals surface area (Å²) in [6.45, 7) is 2.06. The SMILES string of the molecule is COCCSC1Cc2c(Cl)c(C(=O)O)cc(C)c2S1(=O)=O. The van der Waals surface area contributed by atoms with Gasteiger partial charge < -0.3 is 9.84 Å². The van der Waals surface area contributed by atoms with Crippen molar-refractivity contribution in [1.29, 1.82) is 0 Å². The van der Waals surface area contributed by atoms with Gasteiger partial charge in [-0.2, -0.15) is 0 Å². The molecule has 1 N–H and O–H groups in total. The average molecular weight is 351 g/mol. The summed E-state index contributed by atoms with van der Waals surface area (Å²) in [6.07, 6.45) is 0.229. The Balaban J connectivity index is 2.47. The molecule has 1 aromatic carbocycles. The predicted molar refractivity (Wildman–Crippen MR) is 82.2 cm³/mol. The van der Waals surface area contributed by atoms with Crippen LogP contribution in [0.25, 0.3) is 0 Å². The van der Waals surface area contributed by atoms with Gasteiger partial charge in [0.15, 0.2) is 9.84 Å². The second kappa shape index (κ2) is 6.16. The number of fused-ring (bicyclic) bond motifs is 1. The molecule has 0 aromatic heterocycles. The molecule has 0 saturated heterocycles. The van der Waals surface area contributed by atoms with Crippen LogP contribution in [0.4, 0.5) is 0 Å². The van der Waals surface area contributed by atoms with Crippen molar-refractivity contribution < 1.29 is 23.1 Å². The van der Waals surface area contributed by atoms with Gasteiger partial charge in [0.05, 0.1) is 22.1 Å². The first kappa shape index (κ1) is 16.6. The molecule has 1 atom stereocenters. The van der Waals surface area contributed by atoms with Gasteiger partial charge in [-0.15, -0.1) is 11.8 Å². The first-order valence-electron chi connectivity index (χ1n) is 6.20. The molecule has 0 amide bonds. The minimum atomic E-state index is -3.49. The monoisotopic (exact) mass is 350 g/mol. The molecule has 0 aliphatic carbocycles. The van der Waals surface area contributed by atoms with Crippen molar-refractivity contribution in [2.45, 2.75) is 22.8 Å². The van der Waals surface area contributed by atoms with E-state index in [1.807, 2.05) is 0 Å². The summed E-state index contributed by atoms with van der Waals surface area (Å²) in [5.74, 6) is -0.601. The highest BCUT2D eigenvalue weighted by molar-refractivity contribution is 8.13. The predicted octanol–water partition coefficient (Wildman–Crippen LogP) is 2.38. The molecule has 5 nitrogen and oxygen atoms in total. The standard InChI is InChI=1S/C13H15ClO5S2/c1-7-5-9(13(15)16)11(14)8-6-10(20-4-3-19-2)21(17,18)12(7)8/h5,10H,3-4,6H2,1-2H3,(H,15,16). The summed E-state index contributed by atoms with van der Waals surface area (Å²) in [7, 11) is -1.94. The highest BCUT2D eigenvalue weighted by Crippen LogP contribution is 2.43. The van der Waals surface area contributed by atoms with Gasteiger partial charge in [0.1, 0.15) is 4.58 Å². The maximum absolute atomic E-state index is 12.6. The second-order valence-corrected chi connectivity index (χ2v) is 8.76. The van der Waals surface area contributed by atoms with Crippen LogP contribution < -0.4 is 0 Å². The van der Waals surface area contributed by atoms with Gasteiger partial charge in [0.25, 0.3) is 0 Å². The van der Waals surface area contributed by atoms with Gasteiger partial charge in [-0.1, -0.05) is 11.6 Å². The summed E-state index contributed by atoms with van der Waals surface area (Å²) < 4.78 is 29.4. The molecule has 21 heavy (non-hydrogen) atoms. The Kier molecular flexibility index (Phi) is 4.87. The summed E-state index contributed by atoms with van der Waals surface area (Å²) in [4.78, 5) is 11.4. The van der Waals surface area contributed by atoms with E-state index in [1.54, 1.807) is 14.0 Å². The van der Waals surface area contributed by atoms with Crippen molar-refractivity contribution in [1.82, 2.24) is 0 Å². The van der Waals surface area contributed by atoms with Crippen LogP contribution in [-0.4, -0.2) is 43.5 Å². The molecular formula is C13H15ClO5S2. The number of aryl methyl sites for hydroxylation is 1. The molecule has 0 spiro atoms. The fourth-order valence-corrected chi connectivity index (χ4v) is 6.55. The van der Waals surface area contributed by atoms with Crippen LogP contribution in [0.3, 0.4) is 0 Å². The molecule has 1 aromatic rings. The Bertz CT molecular complexity index is 684. The zero-order chi connectivity index (χ0) is 15.8. The van der Waals surface area contributed by atoms with E-state index in [0.717, 1.165) is 0 Å². The van der Waals surface area contributed by atoms with Gasteiger partial charge in [-0.05, 0) is 24.1 Å². The van der Waals surface area contributed by atoms with E-state index in [9.17, 15) is 13.2 Å². The Morgan fingerprint density at radius 2 is 2.24 bits per heavy atom. The van der Waals surface area contributed by atoms with Gasteiger partial charge >= 0.3 is 5.97 Å². The molecule has 1 heterocycles. The van der Waals surface area contributed by atoms with Crippen LogP contribution in [0.1, 0.15) is 21.5 Å². The van der Waals surface area contributed by atoms with Crippen LogP contribution in [0, 0.1) is 6.92 Å². The highest BCUT2D eigenvalue weighted by atomic mass is 35.5. The van der Waals surface area contributed by atoms with Crippen molar-refractivity contribution in [2.75, 3.05) is 19.5 Å². The van der Waals surface area contributed by atoms with Gasteiger partial charge in [0.2, 0.25) is 0 Å². The lowest BCUT2D eigenvalue weighted by molar-refractivity contribution is 0.0696. The van der Waals surface area contributed by atoms with E-state index >= 15 is 0 Å². The number of hydrogen-bond donors (Lipinski definition) is 1. The highest BCUT2D eigenvalue weighted by Gasteiger charge is 2.41. The number of sulfone groups is 1. The van der Waals surface area contributed by atoms with E-state index in [4.69, 9.17) is 21.4 Å². The molecule has 8 heteroatoms. The van der Waals surface area contributed by atoms with Crippen LogP contribution in [0.15, 0.2) is 11.0 Å². The number of ether oxygens (including phenoxy) is 1. The van der Waals surface area contributed by atoms with E-state index in [-0.39, 0.29) is 21.9 Å². The number of carboxylic acids is 1. The summed E-state index contributed by atoms with van der Waals surface area (Å²) in [6, 6.07) is 1.32. The summed E-state index contributed by atoms with van der Waals surface area (Å²) in [5, 5.41) is 9.16. The zero-order valence-electron chi connectivity index (χ0n) is 11.6. The van der Waals surface area contributed by atoms with Crippen molar-refractivity contribution in [3.63, 3.8) is 0 Å². The molecule has 0 radical (unpaired) electrons.